The van der Waals surface area contributed by atoms with Crippen molar-refractivity contribution in [2.24, 2.45) is 0 Å². The van der Waals surface area contributed by atoms with E-state index in [-0.39, 0.29) is 12.4 Å². The molecule has 0 spiro atoms. The summed E-state index contributed by atoms with van der Waals surface area (Å²) in [4.78, 5) is 10.5. The summed E-state index contributed by atoms with van der Waals surface area (Å²) >= 11 is 0. The first-order valence-electron chi connectivity index (χ1n) is 6.21. The molecule has 0 fully saturated rings. The normalized spacial score (nSPS) is 10.4. The van der Waals surface area contributed by atoms with Crippen molar-refractivity contribution in [1.29, 1.82) is 0 Å². The molecule has 1 heterocycles. The number of carboxylic acids is 1. The van der Waals surface area contributed by atoms with Crippen LogP contribution in [0.25, 0.3) is 0 Å². The molecule has 4 nitrogen and oxygen atoms in total. The molecule has 0 aliphatic carbocycles. The van der Waals surface area contributed by atoms with Crippen molar-refractivity contribution in [2.75, 3.05) is 0 Å². The van der Waals surface area contributed by atoms with Crippen molar-refractivity contribution < 1.29 is 19.1 Å². The second-order valence-electron chi connectivity index (χ2n) is 4.24. The Bertz CT molecular complexity index is 540. The lowest BCUT2D eigenvalue weighted by Crippen LogP contribution is -2.21. The molecule has 0 atom stereocenters. The van der Waals surface area contributed by atoms with Gasteiger partial charge in [-0.05, 0) is 36.2 Å². The van der Waals surface area contributed by atoms with E-state index in [1.54, 1.807) is 6.07 Å². The number of hydrogen-bond donors (Lipinski definition) is 0. The number of aryl methyl sites for hydroxylation is 1. The van der Waals surface area contributed by atoms with Gasteiger partial charge in [0.25, 0.3) is 0 Å². The summed E-state index contributed by atoms with van der Waals surface area (Å²) in [5.74, 6) is -0.324. The monoisotopic (exact) mass is 259 g/mol. The van der Waals surface area contributed by atoms with Gasteiger partial charge in [-0.15, -0.1) is 0 Å². The van der Waals surface area contributed by atoms with Crippen LogP contribution >= 0.6 is 0 Å². The summed E-state index contributed by atoms with van der Waals surface area (Å²) in [6.07, 6.45) is 2.16. The Morgan fingerprint density at radius 1 is 1.21 bits per heavy atom. The Kier molecular flexibility index (Phi) is 4.23. The van der Waals surface area contributed by atoms with Crippen LogP contribution in [0.5, 0.6) is 5.75 Å². The van der Waals surface area contributed by atoms with Crippen molar-refractivity contribution in [3.8, 4) is 5.75 Å². The molecule has 2 aromatic rings. The molecular weight excluding hydrogens is 244 g/mol. The van der Waals surface area contributed by atoms with Gasteiger partial charge >= 0.3 is 0 Å². The fraction of sp³-hybridized carbons (Fsp3) is 0.267. The van der Waals surface area contributed by atoms with Gasteiger partial charge in [-0.25, -0.2) is 0 Å². The average molecular weight is 259 g/mol. The summed E-state index contributed by atoms with van der Waals surface area (Å²) in [5.41, 5.74) is 1.27. The summed E-state index contributed by atoms with van der Waals surface area (Å²) in [5, 5.41) is 10.5. The molecule has 100 valence electrons. The standard InChI is InChI=1S/C15H16O4/c1-2-3-11-4-6-12(7-5-11)18-10-13-8-9-14(19-13)15(16)17/h4-9H,2-3,10H2,1H3,(H,16,17)/p-1. The Morgan fingerprint density at radius 2 is 1.95 bits per heavy atom. The van der Waals surface area contributed by atoms with Crippen LogP contribution < -0.4 is 9.84 Å². The van der Waals surface area contributed by atoms with E-state index in [1.165, 1.54) is 11.6 Å². The van der Waals surface area contributed by atoms with E-state index >= 15 is 0 Å². The zero-order valence-corrected chi connectivity index (χ0v) is 10.7. The molecule has 0 aliphatic rings. The SMILES string of the molecule is CCCc1ccc(OCc2ccc(C(=O)[O-])o2)cc1. The van der Waals surface area contributed by atoms with Crippen LogP contribution in [0.1, 0.15) is 35.2 Å². The number of rotatable bonds is 6. The number of carbonyl (C=O) groups is 1. The number of carboxylic acid groups (broad SMARTS) is 1. The molecule has 0 aliphatic heterocycles. The smallest absolute Gasteiger partial charge is 0.149 e. The van der Waals surface area contributed by atoms with Gasteiger partial charge in [-0.3, -0.25) is 0 Å². The number of hydrogen-bond acceptors (Lipinski definition) is 4. The van der Waals surface area contributed by atoms with Crippen molar-refractivity contribution in [1.82, 2.24) is 0 Å². The van der Waals surface area contributed by atoms with Crippen molar-refractivity contribution in [3.63, 3.8) is 0 Å². The number of furan rings is 1. The molecule has 0 bridgehead atoms. The number of benzene rings is 1. The van der Waals surface area contributed by atoms with E-state index in [2.05, 4.69) is 6.92 Å². The van der Waals surface area contributed by atoms with E-state index in [4.69, 9.17) is 9.15 Å². The molecule has 0 saturated carbocycles. The van der Waals surface area contributed by atoms with Crippen LogP contribution in [0.15, 0.2) is 40.8 Å². The first kappa shape index (κ1) is 13.2. The highest BCUT2D eigenvalue weighted by Crippen LogP contribution is 2.16. The number of carbonyl (C=O) groups excluding carboxylic acids is 1. The Morgan fingerprint density at radius 3 is 2.53 bits per heavy atom. The predicted molar refractivity (Wildman–Crippen MR) is 67.8 cm³/mol. The maximum absolute atomic E-state index is 10.5. The molecule has 4 heteroatoms. The third-order valence-electron chi connectivity index (χ3n) is 2.71. The van der Waals surface area contributed by atoms with Gasteiger partial charge in [0.1, 0.15) is 29.8 Å². The Balaban J connectivity index is 1.92. The maximum atomic E-state index is 10.5. The zero-order chi connectivity index (χ0) is 13.7. The molecule has 0 N–H and O–H groups in total. The van der Waals surface area contributed by atoms with E-state index in [1.807, 2.05) is 24.3 Å². The predicted octanol–water partition coefficient (Wildman–Crippen LogP) is 2.17. The summed E-state index contributed by atoms with van der Waals surface area (Å²) < 4.78 is 10.6. The van der Waals surface area contributed by atoms with E-state index in [0.29, 0.717) is 5.76 Å². The largest absolute Gasteiger partial charge is 0.542 e. The molecule has 2 rings (SSSR count). The van der Waals surface area contributed by atoms with Crippen molar-refractivity contribution in [3.05, 3.63) is 53.5 Å². The van der Waals surface area contributed by atoms with Gasteiger partial charge in [-0.1, -0.05) is 25.5 Å². The molecular formula is C15H15O4-. The van der Waals surface area contributed by atoms with Crippen molar-refractivity contribution >= 4 is 5.97 Å². The quantitative estimate of drug-likeness (QED) is 0.797. The van der Waals surface area contributed by atoms with Crippen LogP contribution in [0.3, 0.4) is 0 Å². The molecule has 19 heavy (non-hydrogen) atoms. The van der Waals surface area contributed by atoms with E-state index in [0.717, 1.165) is 18.6 Å². The van der Waals surface area contributed by atoms with E-state index < -0.39 is 5.97 Å². The third kappa shape index (κ3) is 3.61. The minimum Gasteiger partial charge on any atom is -0.542 e. The maximum Gasteiger partial charge on any atom is 0.149 e. The third-order valence-corrected chi connectivity index (χ3v) is 2.71. The van der Waals surface area contributed by atoms with Gasteiger partial charge < -0.3 is 19.1 Å². The first-order valence-corrected chi connectivity index (χ1v) is 6.21. The van der Waals surface area contributed by atoms with E-state index in [9.17, 15) is 9.90 Å². The molecule has 0 unspecified atom stereocenters. The lowest BCUT2D eigenvalue weighted by molar-refractivity contribution is -0.257. The van der Waals surface area contributed by atoms with Gasteiger partial charge in [0, 0.05) is 0 Å². The average Bonchev–Trinajstić information content (AvgIpc) is 2.87. The molecule has 0 amide bonds. The Hall–Kier alpha value is -2.23. The lowest BCUT2D eigenvalue weighted by atomic mass is 10.1. The van der Waals surface area contributed by atoms with Crippen LogP contribution in [0, 0.1) is 0 Å². The topological polar surface area (TPSA) is 62.5 Å². The highest BCUT2D eigenvalue weighted by Gasteiger charge is 2.03. The molecule has 0 saturated heterocycles. The zero-order valence-electron chi connectivity index (χ0n) is 10.7. The summed E-state index contributed by atoms with van der Waals surface area (Å²) in [6.45, 7) is 2.33. The highest BCUT2D eigenvalue weighted by atomic mass is 16.5. The lowest BCUT2D eigenvalue weighted by Gasteiger charge is -2.05. The molecule has 1 aromatic carbocycles. The minimum atomic E-state index is -1.32. The second kappa shape index (κ2) is 6.09. The van der Waals surface area contributed by atoms with Crippen molar-refractivity contribution in [2.45, 2.75) is 26.4 Å². The van der Waals surface area contributed by atoms with Crippen LogP contribution in [0.4, 0.5) is 0 Å². The summed E-state index contributed by atoms with van der Waals surface area (Å²) in [7, 11) is 0. The van der Waals surface area contributed by atoms with Crippen LogP contribution in [-0.2, 0) is 13.0 Å². The number of aromatic carboxylic acids is 1. The summed E-state index contributed by atoms with van der Waals surface area (Å²) in [6, 6.07) is 10.8. The fourth-order valence-corrected chi connectivity index (χ4v) is 1.76. The van der Waals surface area contributed by atoms with Gasteiger partial charge in [-0.2, -0.15) is 0 Å². The van der Waals surface area contributed by atoms with Crippen LogP contribution in [-0.4, -0.2) is 5.97 Å². The Labute approximate surface area is 111 Å². The fourth-order valence-electron chi connectivity index (χ4n) is 1.76. The van der Waals surface area contributed by atoms with Gasteiger partial charge in [0.2, 0.25) is 0 Å². The molecule has 0 radical (unpaired) electrons. The first-order chi connectivity index (χ1) is 9.19. The second-order valence-corrected chi connectivity index (χ2v) is 4.24. The van der Waals surface area contributed by atoms with Crippen LogP contribution in [0.2, 0.25) is 0 Å². The molecule has 1 aromatic heterocycles. The van der Waals surface area contributed by atoms with Gasteiger partial charge in [0.05, 0.1) is 0 Å². The minimum absolute atomic E-state index is 0.183. The number of ether oxygens (including phenoxy) is 1. The highest BCUT2D eigenvalue weighted by molar-refractivity contribution is 5.82. The van der Waals surface area contributed by atoms with Gasteiger partial charge in [0.15, 0.2) is 0 Å².